The van der Waals surface area contributed by atoms with Gasteiger partial charge in [-0.05, 0) is 36.4 Å². The number of halogens is 4. The number of alkyl halides is 3. The van der Waals surface area contributed by atoms with Crippen LogP contribution >= 0.6 is 11.6 Å². The van der Waals surface area contributed by atoms with Gasteiger partial charge in [-0.2, -0.15) is 18.2 Å². The highest BCUT2D eigenvalue weighted by molar-refractivity contribution is 6.30. The predicted octanol–water partition coefficient (Wildman–Crippen LogP) is 2.41. The minimum Gasteiger partial charge on any atom is -0.383 e. The summed E-state index contributed by atoms with van der Waals surface area (Å²) in [7, 11) is 0. The van der Waals surface area contributed by atoms with Crippen molar-refractivity contribution in [3.8, 4) is 0 Å². The molecule has 12 heteroatoms. The molecule has 3 rings (SSSR count). The number of hydrogen-bond acceptors (Lipinski definition) is 4. The Morgan fingerprint density at radius 1 is 1.06 bits per heavy atom. The topological polar surface area (TPSA) is 114 Å². The van der Waals surface area contributed by atoms with Crippen LogP contribution in [0.3, 0.4) is 0 Å². The summed E-state index contributed by atoms with van der Waals surface area (Å²) in [6, 6.07) is 11.3. The lowest BCUT2D eigenvalue weighted by molar-refractivity contribution is -0.169. The van der Waals surface area contributed by atoms with E-state index in [1.165, 1.54) is 24.3 Å². The van der Waals surface area contributed by atoms with E-state index in [0.717, 1.165) is 0 Å². The van der Waals surface area contributed by atoms with Gasteiger partial charge >= 0.3 is 12.1 Å². The summed E-state index contributed by atoms with van der Waals surface area (Å²) in [5.41, 5.74) is 6.15. The molecule has 1 saturated heterocycles. The van der Waals surface area contributed by atoms with E-state index < -0.39 is 29.9 Å². The minimum absolute atomic E-state index is 0.0505. The highest BCUT2D eigenvalue weighted by atomic mass is 35.5. The fraction of sp³-hybridized carbons (Fsp3) is 0.273. The first-order valence-corrected chi connectivity index (χ1v) is 10.4. The Bertz CT molecular complexity index is 1090. The maximum Gasteiger partial charge on any atom is 0.473 e. The number of hydrogen-bond donors (Lipinski definition) is 2. The van der Waals surface area contributed by atoms with Gasteiger partial charge in [-0.1, -0.05) is 23.7 Å². The van der Waals surface area contributed by atoms with E-state index in [4.69, 9.17) is 22.1 Å². The van der Waals surface area contributed by atoms with Crippen molar-refractivity contribution >= 4 is 35.2 Å². The summed E-state index contributed by atoms with van der Waals surface area (Å²) >= 11 is 5.87. The molecule has 3 N–H and O–H groups in total. The van der Waals surface area contributed by atoms with Crippen LogP contribution in [-0.4, -0.2) is 67.0 Å². The lowest BCUT2D eigenvalue weighted by Gasteiger charge is -2.35. The number of nitrogens with one attached hydrogen (secondary N) is 1. The third-order valence-electron chi connectivity index (χ3n) is 4.99. The largest absolute Gasteiger partial charge is 0.473 e. The molecule has 0 bridgehead atoms. The summed E-state index contributed by atoms with van der Waals surface area (Å²) < 4.78 is 42.4. The zero-order valence-corrected chi connectivity index (χ0v) is 18.4. The van der Waals surface area contributed by atoms with Gasteiger partial charge in [-0.25, -0.2) is 0 Å². The molecule has 3 amide bonds. The van der Waals surface area contributed by atoms with Crippen LogP contribution in [0.25, 0.3) is 0 Å². The van der Waals surface area contributed by atoms with E-state index in [0.29, 0.717) is 23.7 Å². The predicted molar refractivity (Wildman–Crippen MR) is 118 cm³/mol. The van der Waals surface area contributed by atoms with Gasteiger partial charge in [0.05, 0.1) is 19.3 Å². The monoisotopic (exact) mass is 496 g/mol. The number of aliphatic imine (C=N–C) groups is 1. The molecular weight excluding hydrogens is 477 g/mol. The maximum absolute atomic E-state index is 12.9. The lowest BCUT2D eigenvalue weighted by Crippen LogP contribution is -2.53. The molecule has 0 aliphatic carbocycles. The molecule has 0 spiro atoms. The van der Waals surface area contributed by atoms with Crippen LogP contribution in [0.1, 0.15) is 26.3 Å². The van der Waals surface area contributed by atoms with Crippen LogP contribution in [-0.2, 0) is 9.53 Å². The second-order valence-electron chi connectivity index (χ2n) is 7.32. The minimum atomic E-state index is -5.13. The van der Waals surface area contributed by atoms with Gasteiger partial charge in [-0.15, -0.1) is 0 Å². The van der Waals surface area contributed by atoms with E-state index >= 15 is 0 Å². The van der Waals surface area contributed by atoms with Crippen molar-refractivity contribution in [2.75, 3.05) is 26.3 Å². The van der Waals surface area contributed by atoms with Crippen LogP contribution in [0, 0.1) is 0 Å². The number of amidine groups is 1. The Kier molecular flexibility index (Phi) is 7.90. The van der Waals surface area contributed by atoms with E-state index in [2.05, 4.69) is 10.3 Å². The Hall–Kier alpha value is -3.44. The SMILES string of the molecule is NC(=NC(=O)C(F)(F)F)c1ccc(C(=O)NCC2COCCN2C(=O)c2ccc(Cl)cc2)cc1. The standard InChI is InChI=1S/C22H20ClF3N4O4/c23-16-7-5-15(6-8-16)20(32)30-9-10-34-12-17(30)11-28-19(31)14-3-1-13(2-4-14)18(27)29-21(33)22(24,25)26/h1-8,17H,9-12H2,(H,28,31)(H2,27,29,33). The van der Waals surface area contributed by atoms with Crippen LogP contribution in [0.15, 0.2) is 53.5 Å². The second-order valence-corrected chi connectivity index (χ2v) is 7.76. The van der Waals surface area contributed by atoms with E-state index in [1.807, 2.05) is 0 Å². The Balaban J connectivity index is 1.62. The average Bonchev–Trinajstić information content (AvgIpc) is 2.82. The van der Waals surface area contributed by atoms with Crippen molar-refractivity contribution in [2.45, 2.75) is 12.2 Å². The fourth-order valence-electron chi connectivity index (χ4n) is 3.19. The number of nitrogens with two attached hydrogens (primary N) is 1. The van der Waals surface area contributed by atoms with E-state index in [-0.39, 0.29) is 30.2 Å². The molecule has 1 heterocycles. The summed E-state index contributed by atoms with van der Waals surface area (Å²) in [6.07, 6.45) is -5.13. The van der Waals surface area contributed by atoms with Gasteiger partial charge in [0.2, 0.25) is 0 Å². The van der Waals surface area contributed by atoms with Gasteiger partial charge < -0.3 is 20.7 Å². The van der Waals surface area contributed by atoms with Crippen molar-refractivity contribution in [2.24, 2.45) is 10.7 Å². The van der Waals surface area contributed by atoms with Crippen molar-refractivity contribution < 1.29 is 32.3 Å². The number of amides is 3. The molecule has 2 aromatic rings. The molecule has 1 atom stereocenters. The number of rotatable bonds is 5. The Labute approximate surface area is 197 Å². The van der Waals surface area contributed by atoms with Gasteiger partial charge in [0.25, 0.3) is 11.8 Å². The smallest absolute Gasteiger partial charge is 0.383 e. The number of nitrogens with zero attached hydrogens (tertiary/aromatic N) is 2. The third-order valence-corrected chi connectivity index (χ3v) is 5.24. The van der Waals surface area contributed by atoms with Crippen LogP contribution in [0.4, 0.5) is 13.2 Å². The van der Waals surface area contributed by atoms with Gasteiger partial charge in [-0.3, -0.25) is 14.4 Å². The molecule has 1 unspecified atom stereocenters. The maximum atomic E-state index is 12.9. The summed E-state index contributed by atoms with van der Waals surface area (Å²) in [6.45, 7) is 1.07. The average molecular weight is 497 g/mol. The molecular formula is C22H20ClF3N4O4. The van der Waals surface area contributed by atoms with Crippen LogP contribution < -0.4 is 11.1 Å². The number of morpholine rings is 1. The van der Waals surface area contributed by atoms with E-state index in [1.54, 1.807) is 29.2 Å². The third kappa shape index (κ3) is 6.33. The number of ether oxygens (including phenoxy) is 1. The molecule has 1 aliphatic rings. The fourth-order valence-corrected chi connectivity index (χ4v) is 3.32. The van der Waals surface area contributed by atoms with Crippen molar-refractivity contribution in [3.63, 3.8) is 0 Å². The first-order chi connectivity index (χ1) is 16.1. The first kappa shape index (κ1) is 25.2. The zero-order chi connectivity index (χ0) is 24.9. The molecule has 1 aliphatic heterocycles. The van der Waals surface area contributed by atoms with Crippen LogP contribution in [0.2, 0.25) is 5.02 Å². The Morgan fingerprint density at radius 2 is 1.65 bits per heavy atom. The van der Waals surface area contributed by atoms with Crippen molar-refractivity contribution in [1.29, 1.82) is 0 Å². The lowest BCUT2D eigenvalue weighted by atomic mass is 10.1. The second kappa shape index (κ2) is 10.7. The summed E-state index contributed by atoms with van der Waals surface area (Å²) in [5, 5.41) is 3.22. The highest BCUT2D eigenvalue weighted by Crippen LogP contribution is 2.17. The molecule has 0 saturated carbocycles. The zero-order valence-electron chi connectivity index (χ0n) is 17.6. The summed E-state index contributed by atoms with van der Waals surface area (Å²) in [5.74, 6) is -3.63. The van der Waals surface area contributed by atoms with Gasteiger partial charge in [0.1, 0.15) is 5.84 Å². The highest BCUT2D eigenvalue weighted by Gasteiger charge is 2.38. The number of benzene rings is 2. The van der Waals surface area contributed by atoms with E-state index in [9.17, 15) is 27.6 Å². The van der Waals surface area contributed by atoms with Gasteiger partial charge in [0, 0.05) is 34.8 Å². The van der Waals surface area contributed by atoms with Crippen molar-refractivity contribution in [1.82, 2.24) is 10.2 Å². The molecule has 0 aromatic heterocycles. The number of carbonyl (C=O) groups excluding carboxylic acids is 3. The number of carbonyl (C=O) groups is 3. The quantitative estimate of drug-likeness (QED) is 0.487. The van der Waals surface area contributed by atoms with Crippen molar-refractivity contribution in [3.05, 3.63) is 70.2 Å². The molecule has 180 valence electrons. The molecule has 2 aromatic carbocycles. The molecule has 0 radical (unpaired) electrons. The molecule has 1 fully saturated rings. The molecule has 8 nitrogen and oxygen atoms in total. The normalized spacial score (nSPS) is 16.8. The van der Waals surface area contributed by atoms with Gasteiger partial charge in [0.15, 0.2) is 0 Å². The first-order valence-electron chi connectivity index (χ1n) is 10.0. The van der Waals surface area contributed by atoms with Crippen LogP contribution in [0.5, 0.6) is 0 Å². The summed E-state index contributed by atoms with van der Waals surface area (Å²) in [4.78, 5) is 40.8. The molecule has 34 heavy (non-hydrogen) atoms. The Morgan fingerprint density at radius 3 is 2.26 bits per heavy atom.